The highest BCUT2D eigenvalue weighted by Gasteiger charge is 2.12. The Morgan fingerprint density at radius 3 is 2.37 bits per heavy atom. The topological polar surface area (TPSA) is 71.1 Å². The van der Waals surface area contributed by atoms with Crippen LogP contribution in [0.5, 0.6) is 0 Å². The summed E-state index contributed by atoms with van der Waals surface area (Å²) in [5, 5.41) is 5.99. The molecule has 3 rings (SSSR count). The third kappa shape index (κ3) is 5.12. The van der Waals surface area contributed by atoms with E-state index < -0.39 is 17.6 Å². The van der Waals surface area contributed by atoms with E-state index in [1.807, 2.05) is 12.1 Å². The Labute approximate surface area is 160 Å². The largest absolute Gasteiger partial charge is 0.347 e. The smallest absolute Gasteiger partial charge is 0.270 e. The third-order valence-corrected chi connectivity index (χ3v) is 3.98. The predicted molar refractivity (Wildman–Crippen MR) is 101 cm³/mol. The highest BCUT2D eigenvalue weighted by molar-refractivity contribution is 6.30. The minimum atomic E-state index is -0.421. The Morgan fingerprint density at radius 1 is 0.963 bits per heavy atom. The summed E-state index contributed by atoms with van der Waals surface area (Å²) < 4.78 is 12.9. The van der Waals surface area contributed by atoms with Crippen LogP contribution in [0.15, 0.2) is 66.9 Å². The first-order valence-corrected chi connectivity index (χ1v) is 8.45. The fourth-order valence-corrected chi connectivity index (χ4v) is 2.43. The highest BCUT2D eigenvalue weighted by atomic mass is 35.5. The third-order valence-electron chi connectivity index (χ3n) is 3.72. The zero-order valence-electron chi connectivity index (χ0n) is 14.1. The van der Waals surface area contributed by atoms with Crippen LogP contribution in [0.3, 0.4) is 0 Å². The van der Waals surface area contributed by atoms with Crippen LogP contribution < -0.4 is 10.6 Å². The maximum absolute atomic E-state index is 12.9. The fourth-order valence-electron chi connectivity index (χ4n) is 2.31. The average molecular weight is 384 g/mol. The number of aromatic nitrogens is 1. The van der Waals surface area contributed by atoms with E-state index in [1.165, 1.54) is 42.6 Å². The van der Waals surface area contributed by atoms with Crippen molar-refractivity contribution in [2.24, 2.45) is 0 Å². The first kappa shape index (κ1) is 18.5. The summed E-state index contributed by atoms with van der Waals surface area (Å²) in [5.41, 5.74) is 1.73. The molecule has 0 bridgehead atoms. The number of benzene rings is 2. The Balaban J connectivity index is 1.65. The van der Waals surface area contributed by atoms with Crippen molar-refractivity contribution >= 4 is 29.1 Å². The lowest BCUT2D eigenvalue weighted by Gasteiger charge is -2.08. The zero-order valence-corrected chi connectivity index (χ0v) is 14.8. The lowest BCUT2D eigenvalue weighted by molar-refractivity contribution is 0.0946. The molecule has 5 nitrogen and oxygen atoms in total. The monoisotopic (exact) mass is 383 g/mol. The molecule has 3 aromatic rings. The van der Waals surface area contributed by atoms with Crippen molar-refractivity contribution in [1.82, 2.24) is 10.3 Å². The van der Waals surface area contributed by atoms with Gasteiger partial charge < -0.3 is 10.6 Å². The van der Waals surface area contributed by atoms with Crippen LogP contribution >= 0.6 is 11.6 Å². The SMILES string of the molecule is O=C(Nc1ccc(F)cc1)c1ccnc(C(=O)NCc2ccc(Cl)cc2)c1. The van der Waals surface area contributed by atoms with Crippen LogP contribution in [0.2, 0.25) is 5.02 Å². The van der Waals surface area contributed by atoms with Crippen molar-refractivity contribution in [3.63, 3.8) is 0 Å². The highest BCUT2D eigenvalue weighted by Crippen LogP contribution is 2.12. The molecule has 0 fully saturated rings. The van der Waals surface area contributed by atoms with Crippen LogP contribution in [-0.2, 0) is 6.54 Å². The van der Waals surface area contributed by atoms with Gasteiger partial charge in [0.2, 0.25) is 0 Å². The van der Waals surface area contributed by atoms with Crippen molar-refractivity contribution < 1.29 is 14.0 Å². The molecule has 0 saturated carbocycles. The van der Waals surface area contributed by atoms with Crippen LogP contribution in [0, 0.1) is 5.82 Å². The first-order valence-electron chi connectivity index (χ1n) is 8.07. The van der Waals surface area contributed by atoms with Crippen molar-refractivity contribution in [2.75, 3.05) is 5.32 Å². The summed E-state index contributed by atoms with van der Waals surface area (Å²) in [7, 11) is 0. The van der Waals surface area contributed by atoms with Crippen molar-refractivity contribution in [3.05, 3.63) is 94.5 Å². The summed E-state index contributed by atoms with van der Waals surface area (Å²) in [6, 6.07) is 15.4. The number of nitrogens with one attached hydrogen (secondary N) is 2. The number of carbonyl (C=O) groups excluding carboxylic acids is 2. The van der Waals surface area contributed by atoms with Gasteiger partial charge in [0.05, 0.1) is 0 Å². The quantitative estimate of drug-likeness (QED) is 0.698. The normalized spacial score (nSPS) is 10.3. The van der Waals surface area contributed by atoms with Gasteiger partial charge in [-0.3, -0.25) is 14.6 Å². The molecule has 0 aliphatic rings. The molecule has 0 atom stereocenters. The minimum Gasteiger partial charge on any atom is -0.347 e. The van der Waals surface area contributed by atoms with E-state index >= 15 is 0 Å². The zero-order chi connectivity index (χ0) is 19.2. The van der Waals surface area contributed by atoms with Gasteiger partial charge in [0.15, 0.2) is 0 Å². The van der Waals surface area contributed by atoms with E-state index in [-0.39, 0.29) is 11.3 Å². The summed E-state index contributed by atoms with van der Waals surface area (Å²) in [6.45, 7) is 0.309. The molecule has 0 unspecified atom stereocenters. The van der Waals surface area contributed by atoms with Gasteiger partial charge in [0, 0.05) is 29.0 Å². The van der Waals surface area contributed by atoms with E-state index in [9.17, 15) is 14.0 Å². The van der Waals surface area contributed by atoms with Crippen molar-refractivity contribution in [2.45, 2.75) is 6.54 Å². The molecule has 2 amide bonds. The Kier molecular flexibility index (Phi) is 5.78. The van der Waals surface area contributed by atoms with Crippen molar-refractivity contribution in [1.29, 1.82) is 0 Å². The van der Waals surface area contributed by atoms with Gasteiger partial charge in [-0.15, -0.1) is 0 Å². The summed E-state index contributed by atoms with van der Waals surface area (Å²) in [4.78, 5) is 28.6. The van der Waals surface area contributed by atoms with Crippen molar-refractivity contribution in [3.8, 4) is 0 Å². The minimum absolute atomic E-state index is 0.121. The molecule has 0 aliphatic carbocycles. The van der Waals surface area contributed by atoms with E-state index in [1.54, 1.807) is 12.1 Å². The van der Waals surface area contributed by atoms with Gasteiger partial charge in [-0.05, 0) is 54.1 Å². The molecule has 0 saturated heterocycles. The molecular weight excluding hydrogens is 369 g/mol. The maximum atomic E-state index is 12.9. The standard InChI is InChI=1S/C20H15ClFN3O2/c21-15-3-1-13(2-4-15)12-24-20(27)18-11-14(9-10-23-18)19(26)25-17-7-5-16(22)6-8-17/h1-11H,12H2,(H,24,27)(H,25,26). The number of pyridine rings is 1. The number of hydrogen-bond donors (Lipinski definition) is 2. The maximum Gasteiger partial charge on any atom is 0.270 e. The first-order chi connectivity index (χ1) is 13.0. The second-order valence-electron chi connectivity index (χ2n) is 5.70. The second kappa shape index (κ2) is 8.42. The van der Waals surface area contributed by atoms with Crippen LogP contribution in [0.4, 0.5) is 10.1 Å². The molecule has 2 aromatic carbocycles. The van der Waals surface area contributed by atoms with E-state index in [4.69, 9.17) is 11.6 Å². The predicted octanol–water partition coefficient (Wildman–Crippen LogP) is 4.06. The summed E-state index contributed by atoms with van der Waals surface area (Å²) in [5.74, 6) is -1.21. The molecule has 0 spiro atoms. The van der Waals surface area contributed by atoms with Gasteiger partial charge in [0.25, 0.3) is 11.8 Å². The number of carbonyl (C=O) groups is 2. The molecule has 27 heavy (non-hydrogen) atoms. The van der Waals surface area contributed by atoms with Crippen LogP contribution in [0.1, 0.15) is 26.4 Å². The second-order valence-corrected chi connectivity index (χ2v) is 6.14. The summed E-state index contributed by atoms with van der Waals surface area (Å²) in [6.07, 6.45) is 1.39. The van der Waals surface area contributed by atoms with E-state index in [2.05, 4.69) is 15.6 Å². The van der Waals surface area contributed by atoms with Gasteiger partial charge >= 0.3 is 0 Å². The summed E-state index contributed by atoms with van der Waals surface area (Å²) >= 11 is 5.83. The average Bonchev–Trinajstić information content (AvgIpc) is 2.69. The van der Waals surface area contributed by atoms with E-state index in [0.29, 0.717) is 17.3 Å². The lowest BCUT2D eigenvalue weighted by atomic mass is 10.2. The van der Waals surface area contributed by atoms with Gasteiger partial charge in [-0.1, -0.05) is 23.7 Å². The molecule has 1 heterocycles. The molecule has 7 heteroatoms. The van der Waals surface area contributed by atoms with Gasteiger partial charge in [-0.2, -0.15) is 0 Å². The molecule has 2 N–H and O–H groups in total. The molecule has 0 aliphatic heterocycles. The van der Waals surface area contributed by atoms with Gasteiger partial charge in [-0.25, -0.2) is 4.39 Å². The fraction of sp³-hybridized carbons (Fsp3) is 0.0500. The Hall–Kier alpha value is -3.25. The lowest BCUT2D eigenvalue weighted by Crippen LogP contribution is -2.24. The molecule has 1 aromatic heterocycles. The van der Waals surface area contributed by atoms with Crippen LogP contribution in [0.25, 0.3) is 0 Å². The number of amides is 2. The van der Waals surface area contributed by atoms with Gasteiger partial charge in [0.1, 0.15) is 11.5 Å². The Bertz CT molecular complexity index is 960. The number of halogens is 2. The molecule has 136 valence electrons. The number of nitrogens with zero attached hydrogens (tertiary/aromatic N) is 1. The number of hydrogen-bond acceptors (Lipinski definition) is 3. The number of anilines is 1. The molecule has 0 radical (unpaired) electrons. The Morgan fingerprint density at radius 2 is 1.67 bits per heavy atom. The van der Waals surface area contributed by atoms with Crippen LogP contribution in [-0.4, -0.2) is 16.8 Å². The van der Waals surface area contributed by atoms with E-state index in [0.717, 1.165) is 5.56 Å². The molecular formula is C20H15ClFN3O2. The number of rotatable bonds is 5.